The van der Waals surface area contributed by atoms with E-state index in [0.29, 0.717) is 32.3 Å². The van der Waals surface area contributed by atoms with Crippen molar-refractivity contribution in [2.75, 3.05) is 11.9 Å². The Morgan fingerprint density at radius 2 is 1.96 bits per heavy atom. The van der Waals surface area contributed by atoms with Crippen LogP contribution < -0.4 is 14.8 Å². The van der Waals surface area contributed by atoms with E-state index >= 15 is 0 Å². The van der Waals surface area contributed by atoms with Gasteiger partial charge < -0.3 is 9.47 Å². The fourth-order valence-electron chi connectivity index (χ4n) is 2.41. The summed E-state index contributed by atoms with van der Waals surface area (Å²) in [6, 6.07) is 13.8. The molecule has 1 unspecified atom stereocenters. The SMILES string of the molecule is O=C(Nc1nnc(SCc2ccccc2F)s1)C1COc2ccccc2O1. The summed E-state index contributed by atoms with van der Waals surface area (Å²) >= 11 is 2.59. The van der Waals surface area contributed by atoms with E-state index in [1.165, 1.54) is 29.2 Å². The van der Waals surface area contributed by atoms with Gasteiger partial charge in [-0.05, 0) is 23.8 Å². The summed E-state index contributed by atoms with van der Waals surface area (Å²) in [5.41, 5.74) is 0.592. The van der Waals surface area contributed by atoms with Gasteiger partial charge in [0.2, 0.25) is 11.2 Å². The number of anilines is 1. The maximum Gasteiger partial charge on any atom is 0.270 e. The first-order valence-corrected chi connectivity index (χ1v) is 9.88. The number of thioether (sulfide) groups is 1. The molecule has 0 spiro atoms. The highest BCUT2D eigenvalue weighted by Crippen LogP contribution is 2.32. The molecule has 0 aliphatic carbocycles. The molecule has 2 aromatic carbocycles. The Morgan fingerprint density at radius 1 is 1.19 bits per heavy atom. The van der Waals surface area contributed by atoms with E-state index in [0.717, 1.165) is 0 Å². The lowest BCUT2D eigenvalue weighted by Crippen LogP contribution is -2.40. The van der Waals surface area contributed by atoms with Gasteiger partial charge in [0.25, 0.3) is 5.91 Å². The van der Waals surface area contributed by atoms with Crippen LogP contribution in [0.3, 0.4) is 0 Å². The van der Waals surface area contributed by atoms with Crippen molar-refractivity contribution in [3.8, 4) is 11.5 Å². The van der Waals surface area contributed by atoms with Gasteiger partial charge in [0, 0.05) is 5.75 Å². The van der Waals surface area contributed by atoms with Crippen molar-refractivity contribution >= 4 is 34.1 Å². The minimum Gasteiger partial charge on any atom is -0.485 e. The van der Waals surface area contributed by atoms with Crippen LogP contribution in [0.25, 0.3) is 0 Å². The number of para-hydroxylation sites is 2. The fourth-order valence-corrected chi connectivity index (χ4v) is 4.15. The molecule has 138 valence electrons. The highest BCUT2D eigenvalue weighted by atomic mass is 32.2. The molecule has 0 saturated heterocycles. The Kier molecular flexibility index (Phi) is 5.21. The fraction of sp³-hybridized carbons (Fsp3) is 0.167. The minimum absolute atomic E-state index is 0.122. The van der Waals surface area contributed by atoms with E-state index in [1.807, 2.05) is 12.1 Å². The van der Waals surface area contributed by atoms with Crippen LogP contribution in [0.5, 0.6) is 11.5 Å². The average molecular weight is 403 g/mol. The summed E-state index contributed by atoms with van der Waals surface area (Å²) in [6.07, 6.45) is -0.765. The van der Waals surface area contributed by atoms with E-state index in [4.69, 9.17) is 9.47 Å². The number of benzene rings is 2. The molecule has 6 nitrogen and oxygen atoms in total. The highest BCUT2D eigenvalue weighted by Gasteiger charge is 2.28. The van der Waals surface area contributed by atoms with Crippen molar-refractivity contribution in [2.24, 2.45) is 0 Å². The van der Waals surface area contributed by atoms with Crippen molar-refractivity contribution in [2.45, 2.75) is 16.2 Å². The number of carbonyl (C=O) groups is 1. The van der Waals surface area contributed by atoms with Gasteiger partial charge in [0.05, 0.1) is 0 Å². The third-order valence-electron chi connectivity index (χ3n) is 3.75. The maximum absolute atomic E-state index is 13.7. The van der Waals surface area contributed by atoms with E-state index in [1.54, 1.807) is 30.3 Å². The summed E-state index contributed by atoms with van der Waals surface area (Å²) in [6.45, 7) is 0.122. The first-order valence-electron chi connectivity index (χ1n) is 8.08. The third-order valence-corrected chi connectivity index (χ3v) is 5.77. The van der Waals surface area contributed by atoms with Crippen LogP contribution in [-0.2, 0) is 10.5 Å². The largest absolute Gasteiger partial charge is 0.485 e. The first kappa shape index (κ1) is 17.7. The number of carbonyl (C=O) groups excluding carboxylic acids is 1. The van der Waals surface area contributed by atoms with Crippen LogP contribution in [0.1, 0.15) is 5.56 Å². The number of amides is 1. The smallest absolute Gasteiger partial charge is 0.270 e. The van der Waals surface area contributed by atoms with Gasteiger partial charge in [-0.3, -0.25) is 10.1 Å². The molecular weight excluding hydrogens is 389 g/mol. The molecule has 0 radical (unpaired) electrons. The normalized spacial score (nSPS) is 15.4. The zero-order chi connectivity index (χ0) is 18.6. The highest BCUT2D eigenvalue weighted by molar-refractivity contribution is 8.00. The first-order chi connectivity index (χ1) is 13.2. The van der Waals surface area contributed by atoms with Gasteiger partial charge in [-0.2, -0.15) is 0 Å². The van der Waals surface area contributed by atoms with Gasteiger partial charge >= 0.3 is 0 Å². The molecule has 1 amide bonds. The Hall–Kier alpha value is -2.65. The molecule has 0 bridgehead atoms. The maximum atomic E-state index is 13.7. The number of aromatic nitrogens is 2. The van der Waals surface area contributed by atoms with Crippen molar-refractivity contribution in [3.05, 3.63) is 59.9 Å². The van der Waals surface area contributed by atoms with Gasteiger partial charge in [0.1, 0.15) is 12.4 Å². The summed E-state index contributed by atoms with van der Waals surface area (Å²) in [5.74, 6) is 0.974. The number of nitrogens with one attached hydrogen (secondary N) is 1. The number of ether oxygens (including phenoxy) is 2. The van der Waals surface area contributed by atoms with E-state index in [-0.39, 0.29) is 18.3 Å². The van der Waals surface area contributed by atoms with Crippen molar-refractivity contribution in [1.82, 2.24) is 10.2 Å². The lowest BCUT2D eigenvalue weighted by molar-refractivity contribution is -0.125. The van der Waals surface area contributed by atoms with Crippen LogP contribution in [0, 0.1) is 5.82 Å². The van der Waals surface area contributed by atoms with E-state index in [9.17, 15) is 9.18 Å². The van der Waals surface area contributed by atoms with Gasteiger partial charge in [0.15, 0.2) is 15.8 Å². The monoisotopic (exact) mass is 403 g/mol. The summed E-state index contributed by atoms with van der Waals surface area (Å²) in [7, 11) is 0. The average Bonchev–Trinajstić information content (AvgIpc) is 3.14. The third kappa shape index (κ3) is 4.20. The zero-order valence-corrected chi connectivity index (χ0v) is 15.6. The second kappa shape index (κ2) is 7.93. The van der Waals surface area contributed by atoms with E-state index < -0.39 is 6.10 Å². The molecule has 1 aromatic heterocycles. The summed E-state index contributed by atoms with van der Waals surface area (Å²) in [5, 5.41) is 11.0. The van der Waals surface area contributed by atoms with E-state index in [2.05, 4.69) is 15.5 Å². The number of halogens is 1. The lowest BCUT2D eigenvalue weighted by atomic mass is 10.2. The molecule has 0 saturated carbocycles. The number of nitrogens with zero attached hydrogens (tertiary/aromatic N) is 2. The lowest BCUT2D eigenvalue weighted by Gasteiger charge is -2.25. The second-order valence-corrected chi connectivity index (χ2v) is 7.81. The molecule has 9 heteroatoms. The van der Waals surface area contributed by atoms with Crippen LogP contribution >= 0.6 is 23.1 Å². The Balaban J connectivity index is 1.34. The van der Waals surface area contributed by atoms with Crippen molar-refractivity contribution in [3.63, 3.8) is 0 Å². The van der Waals surface area contributed by atoms with Gasteiger partial charge in [-0.25, -0.2) is 4.39 Å². The molecule has 27 heavy (non-hydrogen) atoms. The topological polar surface area (TPSA) is 73.3 Å². The molecule has 1 atom stereocenters. The Labute approximate surface area is 162 Å². The molecule has 1 aliphatic heterocycles. The number of fused-ring (bicyclic) bond motifs is 1. The van der Waals surface area contributed by atoms with Crippen molar-refractivity contribution < 1.29 is 18.7 Å². The van der Waals surface area contributed by atoms with Gasteiger partial charge in [-0.15, -0.1) is 10.2 Å². The summed E-state index contributed by atoms with van der Waals surface area (Å²) in [4.78, 5) is 12.4. The second-order valence-electron chi connectivity index (χ2n) is 5.61. The number of rotatable bonds is 5. The zero-order valence-electron chi connectivity index (χ0n) is 13.9. The van der Waals surface area contributed by atoms with Crippen LogP contribution in [-0.4, -0.2) is 28.8 Å². The molecule has 4 rings (SSSR count). The molecule has 2 heterocycles. The quantitative estimate of drug-likeness (QED) is 0.517. The number of hydrogen-bond donors (Lipinski definition) is 1. The van der Waals surface area contributed by atoms with Crippen LogP contribution in [0.2, 0.25) is 0 Å². The molecule has 3 aromatic rings. The predicted octanol–water partition coefficient (Wildman–Crippen LogP) is 3.75. The molecule has 0 fully saturated rings. The molecule has 1 aliphatic rings. The Bertz CT molecular complexity index is 966. The number of hydrogen-bond acceptors (Lipinski definition) is 7. The summed E-state index contributed by atoms with van der Waals surface area (Å²) < 4.78 is 25.5. The Morgan fingerprint density at radius 3 is 2.81 bits per heavy atom. The van der Waals surface area contributed by atoms with Gasteiger partial charge in [-0.1, -0.05) is 53.4 Å². The molecular formula is C18H14FN3O3S2. The van der Waals surface area contributed by atoms with Crippen molar-refractivity contribution in [1.29, 1.82) is 0 Å². The standard InChI is InChI=1S/C18H14FN3O3S2/c19-12-6-2-1-5-11(12)10-26-18-22-21-17(27-18)20-16(23)15-9-24-13-7-3-4-8-14(13)25-15/h1-8,15H,9-10H2,(H,20,21,23). The van der Waals surface area contributed by atoms with Crippen LogP contribution in [0.15, 0.2) is 52.9 Å². The predicted molar refractivity (Wildman–Crippen MR) is 101 cm³/mol. The minimum atomic E-state index is -0.765. The van der Waals surface area contributed by atoms with Crippen LogP contribution in [0.4, 0.5) is 9.52 Å². The molecule has 1 N–H and O–H groups in total.